The van der Waals surface area contributed by atoms with Crippen molar-refractivity contribution in [3.05, 3.63) is 46.8 Å². The van der Waals surface area contributed by atoms with Crippen molar-refractivity contribution in [1.82, 2.24) is 20.5 Å². The summed E-state index contributed by atoms with van der Waals surface area (Å²) in [6.07, 6.45) is 0.618. The highest BCUT2D eigenvalue weighted by Crippen LogP contribution is 2.49. The number of hydrogen-bond acceptors (Lipinski definition) is 5. The molecule has 0 radical (unpaired) electrons. The molecule has 5 atom stereocenters. The smallest absolute Gasteiger partial charge is 0.271 e. The first-order valence-corrected chi connectivity index (χ1v) is 14.9. The average molecular weight is 603 g/mol. The number of H-pyrrole nitrogens is 1. The number of carbonyl (C=O) groups excluding carboxylic acids is 3. The first-order valence-electron chi connectivity index (χ1n) is 13.0. The Morgan fingerprint density at radius 1 is 1.20 bits per heavy atom. The van der Waals surface area contributed by atoms with E-state index in [-0.39, 0.29) is 35.9 Å². The fourth-order valence-corrected chi connectivity index (χ4v) is 6.51. The number of amides is 3. The second-order valence-electron chi connectivity index (χ2n) is 10.8. The van der Waals surface area contributed by atoms with E-state index in [1.807, 2.05) is 0 Å². The van der Waals surface area contributed by atoms with Gasteiger partial charge in [-0.25, -0.2) is 26.0 Å². The van der Waals surface area contributed by atoms with Gasteiger partial charge in [-0.2, -0.15) is 4.39 Å². The van der Waals surface area contributed by atoms with Crippen LogP contribution in [0.2, 0.25) is 0 Å². The van der Waals surface area contributed by atoms with Crippen molar-refractivity contribution in [2.24, 2.45) is 11.8 Å². The lowest BCUT2D eigenvalue weighted by atomic mass is 9.71. The van der Waals surface area contributed by atoms with E-state index in [0.717, 1.165) is 23.1 Å². The monoisotopic (exact) mass is 602 g/mol. The molecule has 4 fully saturated rings. The fourth-order valence-electron chi connectivity index (χ4n) is 6.10. The summed E-state index contributed by atoms with van der Waals surface area (Å²) < 4.78 is 96.6. The van der Waals surface area contributed by atoms with Crippen LogP contribution in [0.5, 0.6) is 0 Å². The van der Waals surface area contributed by atoms with Gasteiger partial charge in [0.05, 0.1) is 17.5 Å². The summed E-state index contributed by atoms with van der Waals surface area (Å²) in [5, 5.41) is 3.14. The predicted octanol–water partition coefficient (Wildman–Crippen LogP) is 2.94. The van der Waals surface area contributed by atoms with E-state index < -0.39 is 86.7 Å². The van der Waals surface area contributed by atoms with Crippen molar-refractivity contribution in [3.63, 3.8) is 0 Å². The molecule has 3 aliphatic heterocycles. The van der Waals surface area contributed by atoms with Gasteiger partial charge in [0.1, 0.15) is 23.4 Å². The molecule has 9 nitrogen and oxygen atoms in total. The molecule has 15 heteroatoms. The van der Waals surface area contributed by atoms with Gasteiger partial charge in [0.2, 0.25) is 26.8 Å². The zero-order valence-corrected chi connectivity index (χ0v) is 22.5. The van der Waals surface area contributed by atoms with Crippen LogP contribution in [0.4, 0.5) is 22.0 Å². The molecular weight excluding hydrogens is 575 g/mol. The zero-order valence-electron chi connectivity index (χ0n) is 21.7. The molecule has 3 saturated heterocycles. The zero-order chi connectivity index (χ0) is 29.9. The van der Waals surface area contributed by atoms with Crippen LogP contribution in [0.3, 0.4) is 0 Å². The maximum Gasteiger partial charge on any atom is 0.271 e. The van der Waals surface area contributed by atoms with Crippen LogP contribution in [0.25, 0.3) is 10.9 Å². The standard InChI is InChI=1S/C26H27F5N4O5S/c1-41(39,40)20(29)9-13(8-12-6-7-32-23(12)36)33-24(37)22-16-3-2-14(11-26(16,30)31)35(22)25(38)19-10-15-17(27)4-5-18(28)21(15)34-19/h4-5,9-10,12-14,16,22,34H,2-3,6-8,11H2,1H3,(H,32,36)(H,33,37)/b20-9-/t12-,13+,14-,16-,22+/m1/s1. The minimum absolute atomic E-state index is 0.112. The number of benzene rings is 1. The molecule has 1 aromatic heterocycles. The van der Waals surface area contributed by atoms with Crippen LogP contribution >= 0.6 is 0 Å². The quantitative estimate of drug-likeness (QED) is 0.420. The molecule has 4 aliphatic rings. The van der Waals surface area contributed by atoms with Gasteiger partial charge >= 0.3 is 0 Å². The second-order valence-corrected chi connectivity index (χ2v) is 12.8. The number of alkyl halides is 2. The summed E-state index contributed by atoms with van der Waals surface area (Å²) in [6.45, 7) is 0.314. The van der Waals surface area contributed by atoms with Crippen LogP contribution in [0.1, 0.15) is 42.6 Å². The SMILES string of the molecule is CS(=O)(=O)/C(F)=C\[C@H](C[C@H]1CCNC1=O)NC(=O)[C@@H]1[C@H]2CC[C@H](CC2(F)F)N1C(=O)c1cc2c(F)ccc(F)c2[nH]1. The molecule has 2 aromatic rings. The van der Waals surface area contributed by atoms with Crippen molar-refractivity contribution >= 4 is 38.5 Å². The van der Waals surface area contributed by atoms with Gasteiger partial charge in [0.15, 0.2) is 0 Å². The number of sulfone groups is 1. The molecule has 4 heterocycles. The molecule has 222 valence electrons. The third-order valence-electron chi connectivity index (χ3n) is 8.07. The molecule has 1 saturated carbocycles. The molecule has 3 amide bonds. The van der Waals surface area contributed by atoms with Gasteiger partial charge in [-0.3, -0.25) is 14.4 Å². The Kier molecular flexibility index (Phi) is 7.37. The Hall–Kier alpha value is -3.49. The highest BCUT2D eigenvalue weighted by molar-refractivity contribution is 7.94. The van der Waals surface area contributed by atoms with E-state index in [0.29, 0.717) is 25.3 Å². The summed E-state index contributed by atoms with van der Waals surface area (Å²) in [5.74, 6) is -9.77. The third-order valence-corrected chi connectivity index (χ3v) is 8.92. The van der Waals surface area contributed by atoms with Gasteiger partial charge in [0, 0.05) is 36.6 Å². The Balaban J connectivity index is 1.49. The largest absolute Gasteiger partial charge is 0.356 e. The Morgan fingerprint density at radius 3 is 2.51 bits per heavy atom. The number of nitrogens with zero attached hydrogens (tertiary/aromatic N) is 1. The third kappa shape index (κ3) is 5.43. The van der Waals surface area contributed by atoms with Crippen LogP contribution < -0.4 is 10.6 Å². The highest BCUT2D eigenvalue weighted by Gasteiger charge is 2.60. The number of halogens is 5. The van der Waals surface area contributed by atoms with Crippen LogP contribution in [-0.4, -0.2) is 72.9 Å². The first-order chi connectivity index (χ1) is 19.2. The molecule has 1 aromatic carbocycles. The normalized spacial score (nSPS) is 26.7. The Labute approximate surface area is 231 Å². The Morgan fingerprint density at radius 2 is 1.90 bits per heavy atom. The lowest BCUT2D eigenvalue weighted by molar-refractivity contribution is -0.179. The van der Waals surface area contributed by atoms with E-state index in [9.17, 15) is 36.0 Å². The summed E-state index contributed by atoms with van der Waals surface area (Å²) >= 11 is 0. The van der Waals surface area contributed by atoms with Gasteiger partial charge in [-0.1, -0.05) is 0 Å². The summed E-state index contributed by atoms with van der Waals surface area (Å²) in [5.41, 5.74) is -0.627. The number of aromatic nitrogens is 1. The van der Waals surface area contributed by atoms with E-state index >= 15 is 8.78 Å². The lowest BCUT2D eigenvalue weighted by Crippen LogP contribution is -2.68. The van der Waals surface area contributed by atoms with Gasteiger partial charge < -0.3 is 20.5 Å². The van der Waals surface area contributed by atoms with Gasteiger partial charge in [-0.15, -0.1) is 0 Å². The number of fused-ring (bicyclic) bond motifs is 4. The van der Waals surface area contributed by atoms with Crippen LogP contribution in [-0.2, 0) is 19.4 Å². The predicted molar refractivity (Wildman–Crippen MR) is 136 cm³/mol. The number of carbonyl (C=O) groups is 3. The van der Waals surface area contributed by atoms with Crippen LogP contribution in [0.15, 0.2) is 29.4 Å². The second kappa shape index (κ2) is 10.4. The highest BCUT2D eigenvalue weighted by atomic mass is 32.2. The lowest BCUT2D eigenvalue weighted by Gasteiger charge is -2.53. The molecule has 0 unspecified atom stereocenters. The maximum absolute atomic E-state index is 15.1. The van der Waals surface area contributed by atoms with E-state index in [1.165, 1.54) is 0 Å². The van der Waals surface area contributed by atoms with Gasteiger partial charge in [0.25, 0.3) is 11.8 Å². The molecule has 1 aliphatic carbocycles. The molecule has 3 N–H and O–H groups in total. The molecule has 41 heavy (non-hydrogen) atoms. The number of aromatic amines is 1. The topological polar surface area (TPSA) is 128 Å². The Bertz CT molecular complexity index is 1520. The first kappa shape index (κ1) is 29.0. The number of nitrogens with one attached hydrogen (secondary N) is 3. The van der Waals surface area contributed by atoms with E-state index in [4.69, 9.17) is 0 Å². The minimum Gasteiger partial charge on any atom is -0.356 e. The summed E-state index contributed by atoms with van der Waals surface area (Å²) in [4.78, 5) is 42.8. The van der Waals surface area contributed by atoms with E-state index in [2.05, 4.69) is 15.6 Å². The molecular formula is C26H27F5N4O5S. The summed E-state index contributed by atoms with van der Waals surface area (Å²) in [7, 11) is -4.32. The molecule has 0 spiro atoms. The maximum atomic E-state index is 15.1. The van der Waals surface area contributed by atoms with Crippen molar-refractivity contribution in [3.8, 4) is 0 Å². The van der Waals surface area contributed by atoms with Crippen molar-refractivity contribution in [1.29, 1.82) is 0 Å². The van der Waals surface area contributed by atoms with Gasteiger partial charge in [-0.05, 0) is 50.0 Å². The van der Waals surface area contributed by atoms with Crippen molar-refractivity contribution in [2.75, 3.05) is 12.8 Å². The molecule has 2 bridgehead atoms. The van der Waals surface area contributed by atoms with Crippen LogP contribution in [0, 0.1) is 23.5 Å². The van der Waals surface area contributed by atoms with E-state index in [1.54, 1.807) is 0 Å². The minimum atomic E-state index is -4.32. The number of rotatable bonds is 7. The number of piperidine rings is 2. The fraction of sp³-hybridized carbons (Fsp3) is 0.500. The van der Waals surface area contributed by atoms with Crippen molar-refractivity contribution < 1.29 is 44.8 Å². The average Bonchev–Trinajstić information content (AvgIpc) is 3.52. The number of hydrogen-bond donors (Lipinski definition) is 3. The molecule has 6 rings (SSSR count). The van der Waals surface area contributed by atoms with Crippen molar-refractivity contribution in [2.45, 2.75) is 56.2 Å². The summed E-state index contributed by atoms with van der Waals surface area (Å²) in [6, 6.07) is -1.48.